The number of pyridine rings is 1. The van der Waals surface area contributed by atoms with Gasteiger partial charge in [-0.15, -0.1) is 0 Å². The number of rotatable bonds is 6. The number of aliphatic carboxylic acids is 3. The third-order valence-corrected chi connectivity index (χ3v) is 4.67. The summed E-state index contributed by atoms with van der Waals surface area (Å²) in [5.41, 5.74) is 1.41. The Morgan fingerprint density at radius 3 is 2.11 bits per heavy atom. The zero-order valence-electron chi connectivity index (χ0n) is 15.7. The minimum absolute atomic E-state index is 0.599. The Morgan fingerprint density at radius 2 is 1.70 bits per heavy atom. The van der Waals surface area contributed by atoms with Crippen LogP contribution < -0.4 is 0 Å². The number of aromatic nitrogens is 1. The van der Waals surface area contributed by atoms with Crippen LogP contribution >= 0.6 is 0 Å². The molecule has 1 aromatic heterocycles. The van der Waals surface area contributed by atoms with E-state index in [4.69, 9.17) is 20.4 Å². The van der Waals surface area contributed by atoms with Gasteiger partial charge in [-0.1, -0.05) is 0 Å². The monoisotopic (exact) mass is 382 g/mol. The molecule has 9 heteroatoms. The Labute approximate surface area is 157 Å². The van der Waals surface area contributed by atoms with Crippen molar-refractivity contribution >= 4 is 17.9 Å². The van der Waals surface area contributed by atoms with Crippen LogP contribution in [0.2, 0.25) is 0 Å². The van der Waals surface area contributed by atoms with E-state index in [9.17, 15) is 14.4 Å². The number of hydrogen-bond donors (Lipinski definition) is 4. The lowest BCUT2D eigenvalue weighted by molar-refractivity contribution is -0.170. The van der Waals surface area contributed by atoms with Gasteiger partial charge in [0.05, 0.1) is 12.8 Å². The highest BCUT2D eigenvalue weighted by atomic mass is 16.4. The van der Waals surface area contributed by atoms with Crippen LogP contribution in [0.25, 0.3) is 0 Å². The maximum Gasteiger partial charge on any atom is 0.336 e. The molecular weight excluding hydrogens is 356 g/mol. The van der Waals surface area contributed by atoms with Gasteiger partial charge in [-0.2, -0.15) is 0 Å². The highest BCUT2D eigenvalue weighted by molar-refractivity contribution is 5.88. The average molecular weight is 382 g/mol. The fourth-order valence-electron chi connectivity index (χ4n) is 3.00. The van der Waals surface area contributed by atoms with Crippen molar-refractivity contribution in [1.29, 1.82) is 0 Å². The van der Waals surface area contributed by atoms with Gasteiger partial charge < -0.3 is 20.4 Å². The predicted molar refractivity (Wildman–Crippen MR) is 95.4 cm³/mol. The first-order valence-corrected chi connectivity index (χ1v) is 8.48. The summed E-state index contributed by atoms with van der Waals surface area (Å²) in [6, 6.07) is 0.599. The topological polar surface area (TPSA) is 148 Å². The number of carboxylic acids is 3. The number of hydrogen-bond acceptors (Lipinski definition) is 6. The summed E-state index contributed by atoms with van der Waals surface area (Å²) in [7, 11) is 2.21. The van der Waals surface area contributed by atoms with E-state index in [0.29, 0.717) is 6.04 Å². The summed E-state index contributed by atoms with van der Waals surface area (Å²) in [6.07, 6.45) is 4.29. The van der Waals surface area contributed by atoms with E-state index in [-0.39, 0.29) is 0 Å². The molecule has 1 fully saturated rings. The van der Waals surface area contributed by atoms with Crippen LogP contribution in [0.15, 0.2) is 12.4 Å². The van der Waals surface area contributed by atoms with Crippen molar-refractivity contribution in [2.45, 2.75) is 51.2 Å². The van der Waals surface area contributed by atoms with Crippen LogP contribution in [0.1, 0.15) is 48.4 Å². The quantitative estimate of drug-likeness (QED) is 0.569. The molecule has 0 saturated carbocycles. The maximum atomic E-state index is 10.3. The van der Waals surface area contributed by atoms with Crippen LogP contribution in [0.5, 0.6) is 0 Å². The number of aryl methyl sites for hydroxylation is 1. The molecule has 0 radical (unpaired) electrons. The standard InChI is InChI=1S/C12H18N2.C6H8O7/c1-9-7-13-8-11(10(9)2)12-5-4-6-14(12)3;7-3(8)1-6(13,5(11)12)2-4(9)10/h7-8,12H,4-6H2,1-3H3;13H,1-2H2,(H,7,8)(H,9,10)(H,11,12)/t12-;/m0./s1. The second kappa shape index (κ2) is 9.43. The Hall–Kier alpha value is -2.52. The summed E-state index contributed by atoms with van der Waals surface area (Å²) in [5.74, 6) is -5.02. The number of nitrogens with zero attached hydrogens (tertiary/aromatic N) is 2. The molecule has 0 aliphatic carbocycles. The molecule has 1 saturated heterocycles. The van der Waals surface area contributed by atoms with Crippen LogP contribution in [0, 0.1) is 13.8 Å². The first-order chi connectivity index (χ1) is 12.5. The molecule has 2 heterocycles. The van der Waals surface area contributed by atoms with Crippen molar-refractivity contribution in [3.05, 3.63) is 29.1 Å². The fraction of sp³-hybridized carbons (Fsp3) is 0.556. The number of carboxylic acid groups (broad SMARTS) is 3. The summed E-state index contributed by atoms with van der Waals surface area (Å²) in [5, 5.41) is 33.8. The van der Waals surface area contributed by atoms with Gasteiger partial charge in [0.2, 0.25) is 0 Å². The molecule has 0 bridgehead atoms. The molecule has 1 atom stereocenters. The highest BCUT2D eigenvalue weighted by Gasteiger charge is 2.40. The van der Waals surface area contributed by atoms with E-state index in [2.05, 4.69) is 30.8 Å². The van der Waals surface area contributed by atoms with Gasteiger partial charge in [0.25, 0.3) is 0 Å². The maximum absolute atomic E-state index is 10.3. The molecule has 150 valence electrons. The van der Waals surface area contributed by atoms with Gasteiger partial charge in [0, 0.05) is 18.4 Å². The molecular formula is C18H26N2O7. The number of carbonyl (C=O) groups is 3. The highest BCUT2D eigenvalue weighted by Crippen LogP contribution is 2.32. The van der Waals surface area contributed by atoms with Crippen LogP contribution in [-0.4, -0.2) is 67.4 Å². The van der Waals surface area contributed by atoms with Crippen molar-refractivity contribution in [2.24, 2.45) is 0 Å². The first kappa shape index (κ1) is 22.5. The van der Waals surface area contributed by atoms with Gasteiger partial charge in [-0.25, -0.2) is 4.79 Å². The first-order valence-electron chi connectivity index (χ1n) is 8.48. The van der Waals surface area contributed by atoms with E-state index in [1.54, 1.807) is 0 Å². The third kappa shape index (κ3) is 6.30. The SMILES string of the molecule is Cc1cncc([C@@H]2CCCN2C)c1C.O=C(O)CC(O)(CC(=O)O)C(=O)O. The van der Waals surface area contributed by atoms with E-state index < -0.39 is 36.4 Å². The second-order valence-electron chi connectivity index (χ2n) is 6.79. The molecule has 0 amide bonds. The Balaban J connectivity index is 0.000000271. The van der Waals surface area contributed by atoms with Crippen LogP contribution in [-0.2, 0) is 14.4 Å². The van der Waals surface area contributed by atoms with E-state index in [1.807, 2.05) is 12.4 Å². The lowest BCUT2D eigenvalue weighted by Gasteiger charge is -2.21. The summed E-state index contributed by atoms with van der Waals surface area (Å²) in [4.78, 5) is 37.2. The summed E-state index contributed by atoms with van der Waals surface area (Å²) >= 11 is 0. The Bertz CT molecular complexity index is 689. The Kier molecular flexibility index (Phi) is 7.86. The van der Waals surface area contributed by atoms with Crippen LogP contribution in [0.4, 0.5) is 0 Å². The number of aliphatic hydroxyl groups is 1. The zero-order chi connectivity index (χ0) is 20.8. The smallest absolute Gasteiger partial charge is 0.336 e. The average Bonchev–Trinajstić information content (AvgIpc) is 2.95. The minimum atomic E-state index is -2.74. The van der Waals surface area contributed by atoms with Gasteiger partial charge in [-0.3, -0.25) is 19.5 Å². The molecule has 9 nitrogen and oxygen atoms in total. The lowest BCUT2D eigenvalue weighted by atomic mass is 9.96. The second-order valence-corrected chi connectivity index (χ2v) is 6.79. The van der Waals surface area contributed by atoms with Gasteiger partial charge in [0.15, 0.2) is 5.60 Å². The third-order valence-electron chi connectivity index (χ3n) is 4.67. The van der Waals surface area contributed by atoms with Crippen molar-refractivity contribution in [1.82, 2.24) is 9.88 Å². The minimum Gasteiger partial charge on any atom is -0.481 e. The molecule has 1 aliphatic heterocycles. The molecule has 1 aliphatic rings. The zero-order valence-corrected chi connectivity index (χ0v) is 15.7. The van der Waals surface area contributed by atoms with Crippen molar-refractivity contribution < 1.29 is 34.8 Å². The molecule has 27 heavy (non-hydrogen) atoms. The summed E-state index contributed by atoms with van der Waals surface area (Å²) < 4.78 is 0. The molecule has 0 spiro atoms. The van der Waals surface area contributed by atoms with Crippen molar-refractivity contribution in [2.75, 3.05) is 13.6 Å². The summed E-state index contributed by atoms with van der Waals surface area (Å²) in [6.45, 7) is 5.57. The van der Waals surface area contributed by atoms with Crippen molar-refractivity contribution in [3.8, 4) is 0 Å². The molecule has 0 unspecified atom stereocenters. The van der Waals surface area contributed by atoms with Crippen molar-refractivity contribution in [3.63, 3.8) is 0 Å². The molecule has 1 aromatic rings. The molecule has 4 N–H and O–H groups in total. The number of likely N-dealkylation sites (tertiary alicyclic amines) is 1. The fourth-order valence-corrected chi connectivity index (χ4v) is 3.00. The van der Waals surface area contributed by atoms with Gasteiger partial charge in [-0.05, 0) is 57.0 Å². The van der Waals surface area contributed by atoms with E-state index in [0.717, 1.165) is 0 Å². The van der Waals surface area contributed by atoms with E-state index >= 15 is 0 Å². The molecule has 2 rings (SSSR count). The lowest BCUT2D eigenvalue weighted by Crippen LogP contribution is -2.42. The van der Waals surface area contributed by atoms with Crippen LogP contribution in [0.3, 0.4) is 0 Å². The van der Waals surface area contributed by atoms with Gasteiger partial charge in [0.1, 0.15) is 0 Å². The van der Waals surface area contributed by atoms with E-state index in [1.165, 1.54) is 36.1 Å². The Morgan fingerprint density at radius 1 is 1.15 bits per heavy atom. The largest absolute Gasteiger partial charge is 0.481 e. The predicted octanol–water partition coefficient (Wildman–Crippen LogP) is 1.22. The van der Waals surface area contributed by atoms with Gasteiger partial charge >= 0.3 is 17.9 Å². The molecule has 0 aromatic carbocycles. The normalized spacial score (nSPS) is 17.1.